The van der Waals surface area contributed by atoms with E-state index in [4.69, 9.17) is 9.47 Å². The van der Waals surface area contributed by atoms with Crippen LogP contribution in [0.1, 0.15) is 11.1 Å². The predicted molar refractivity (Wildman–Crippen MR) is 105 cm³/mol. The molecule has 0 fully saturated rings. The number of methoxy groups -OCH3 is 2. The van der Waals surface area contributed by atoms with Crippen LogP contribution in [0.25, 0.3) is 0 Å². The van der Waals surface area contributed by atoms with Gasteiger partial charge in [-0.1, -0.05) is 36.4 Å². The lowest BCUT2D eigenvalue weighted by Crippen LogP contribution is -2.10. The van der Waals surface area contributed by atoms with Crippen LogP contribution < -0.4 is 20.1 Å². The van der Waals surface area contributed by atoms with Gasteiger partial charge in [0.05, 0.1) is 20.4 Å². The van der Waals surface area contributed by atoms with Crippen LogP contribution in [0.3, 0.4) is 0 Å². The molecule has 7 nitrogen and oxygen atoms in total. The standard InChI is InChI=1S/C20H23N5O2/c1-26-17-9-8-16(12-18(17)27-2)13-22-19-14-23-25-20(24-19)21-11-10-15-6-4-3-5-7-15/h3-9,12,14H,10-11,13H2,1-2H3,(H2,21,22,24,25). The van der Waals surface area contributed by atoms with Crippen molar-refractivity contribution in [3.63, 3.8) is 0 Å². The van der Waals surface area contributed by atoms with Gasteiger partial charge in [-0.25, -0.2) is 0 Å². The molecule has 3 aromatic rings. The van der Waals surface area contributed by atoms with E-state index in [0.717, 1.165) is 18.5 Å². The van der Waals surface area contributed by atoms with Gasteiger partial charge >= 0.3 is 0 Å². The summed E-state index contributed by atoms with van der Waals surface area (Å²) in [5.41, 5.74) is 2.31. The minimum absolute atomic E-state index is 0.503. The van der Waals surface area contributed by atoms with E-state index in [1.54, 1.807) is 20.4 Å². The summed E-state index contributed by atoms with van der Waals surface area (Å²) in [5, 5.41) is 14.5. The molecule has 0 bridgehead atoms. The second-order valence-corrected chi connectivity index (χ2v) is 5.87. The van der Waals surface area contributed by atoms with Crippen molar-refractivity contribution in [1.29, 1.82) is 0 Å². The average Bonchev–Trinajstić information content (AvgIpc) is 2.73. The number of aromatic nitrogens is 3. The van der Waals surface area contributed by atoms with Crippen molar-refractivity contribution in [3.05, 3.63) is 65.9 Å². The molecule has 0 saturated carbocycles. The fraction of sp³-hybridized carbons (Fsp3) is 0.250. The molecule has 2 N–H and O–H groups in total. The van der Waals surface area contributed by atoms with E-state index in [1.165, 1.54) is 5.56 Å². The minimum Gasteiger partial charge on any atom is -0.493 e. The third-order valence-electron chi connectivity index (χ3n) is 4.02. The maximum atomic E-state index is 5.33. The number of nitrogens with one attached hydrogen (secondary N) is 2. The van der Waals surface area contributed by atoms with Gasteiger partial charge in [-0.2, -0.15) is 10.1 Å². The lowest BCUT2D eigenvalue weighted by Gasteiger charge is -2.11. The summed E-state index contributed by atoms with van der Waals surface area (Å²) in [6.07, 6.45) is 2.50. The van der Waals surface area contributed by atoms with Gasteiger partial charge in [0.1, 0.15) is 0 Å². The fourth-order valence-corrected chi connectivity index (χ4v) is 2.61. The highest BCUT2D eigenvalue weighted by atomic mass is 16.5. The number of ether oxygens (including phenoxy) is 2. The summed E-state index contributed by atoms with van der Waals surface area (Å²) in [4.78, 5) is 4.44. The summed E-state index contributed by atoms with van der Waals surface area (Å²) >= 11 is 0. The number of benzene rings is 2. The molecule has 1 heterocycles. The first-order valence-electron chi connectivity index (χ1n) is 8.71. The predicted octanol–water partition coefficient (Wildman–Crippen LogP) is 3.16. The lowest BCUT2D eigenvalue weighted by molar-refractivity contribution is 0.354. The first-order chi connectivity index (χ1) is 13.3. The Morgan fingerprint density at radius 2 is 1.70 bits per heavy atom. The zero-order valence-corrected chi connectivity index (χ0v) is 15.5. The largest absolute Gasteiger partial charge is 0.493 e. The molecule has 7 heteroatoms. The zero-order valence-electron chi connectivity index (χ0n) is 15.5. The summed E-state index contributed by atoms with van der Waals surface area (Å²) < 4.78 is 10.6. The summed E-state index contributed by atoms with van der Waals surface area (Å²) in [6.45, 7) is 1.33. The summed E-state index contributed by atoms with van der Waals surface area (Å²) in [5.74, 6) is 2.56. The Balaban J connectivity index is 1.54. The van der Waals surface area contributed by atoms with Crippen molar-refractivity contribution in [2.75, 3.05) is 31.4 Å². The Labute approximate surface area is 158 Å². The summed E-state index contributed by atoms with van der Waals surface area (Å²) in [6, 6.07) is 16.1. The van der Waals surface area contributed by atoms with Crippen LogP contribution in [0.15, 0.2) is 54.7 Å². The highest BCUT2D eigenvalue weighted by molar-refractivity contribution is 5.44. The van der Waals surface area contributed by atoms with Crippen molar-refractivity contribution in [2.45, 2.75) is 13.0 Å². The highest BCUT2D eigenvalue weighted by Gasteiger charge is 2.05. The monoisotopic (exact) mass is 365 g/mol. The van der Waals surface area contributed by atoms with Crippen LogP contribution in [0, 0.1) is 0 Å². The van der Waals surface area contributed by atoms with Crippen molar-refractivity contribution in [2.24, 2.45) is 0 Å². The number of hydrogen-bond acceptors (Lipinski definition) is 7. The zero-order chi connectivity index (χ0) is 18.9. The molecule has 3 rings (SSSR count). The van der Waals surface area contributed by atoms with Crippen molar-refractivity contribution in [3.8, 4) is 11.5 Å². The van der Waals surface area contributed by atoms with Gasteiger partial charge in [0.25, 0.3) is 0 Å². The number of anilines is 2. The molecule has 140 valence electrons. The van der Waals surface area contributed by atoms with Gasteiger partial charge < -0.3 is 20.1 Å². The second-order valence-electron chi connectivity index (χ2n) is 5.87. The van der Waals surface area contributed by atoms with Gasteiger partial charge in [0.2, 0.25) is 5.95 Å². The van der Waals surface area contributed by atoms with Crippen LogP contribution >= 0.6 is 0 Å². The van der Waals surface area contributed by atoms with Gasteiger partial charge in [-0.3, -0.25) is 0 Å². The van der Waals surface area contributed by atoms with Gasteiger partial charge in [-0.05, 0) is 29.7 Å². The lowest BCUT2D eigenvalue weighted by atomic mass is 10.1. The molecule has 0 amide bonds. The molecule has 0 radical (unpaired) electrons. The molecule has 0 spiro atoms. The Morgan fingerprint density at radius 3 is 2.48 bits per heavy atom. The molecule has 27 heavy (non-hydrogen) atoms. The number of hydrogen-bond donors (Lipinski definition) is 2. The van der Waals surface area contributed by atoms with Gasteiger partial charge in [0, 0.05) is 13.1 Å². The molecule has 0 unspecified atom stereocenters. The van der Waals surface area contributed by atoms with Crippen molar-refractivity contribution < 1.29 is 9.47 Å². The van der Waals surface area contributed by atoms with Crippen LogP contribution in [0.5, 0.6) is 11.5 Å². The van der Waals surface area contributed by atoms with E-state index >= 15 is 0 Å². The quantitative estimate of drug-likeness (QED) is 0.603. The first-order valence-corrected chi connectivity index (χ1v) is 8.71. The van der Waals surface area contributed by atoms with Crippen molar-refractivity contribution in [1.82, 2.24) is 15.2 Å². The molecule has 0 aliphatic carbocycles. The Kier molecular flexibility index (Phi) is 6.40. The van der Waals surface area contributed by atoms with Crippen LogP contribution in [-0.2, 0) is 13.0 Å². The van der Waals surface area contributed by atoms with Gasteiger partial charge in [0.15, 0.2) is 17.3 Å². The van der Waals surface area contributed by atoms with Crippen molar-refractivity contribution >= 4 is 11.8 Å². The number of nitrogens with zero attached hydrogens (tertiary/aromatic N) is 3. The van der Waals surface area contributed by atoms with E-state index in [9.17, 15) is 0 Å². The molecular formula is C20H23N5O2. The third kappa shape index (κ3) is 5.31. The second kappa shape index (κ2) is 9.38. The molecule has 1 aromatic heterocycles. The molecule has 0 saturated heterocycles. The van der Waals surface area contributed by atoms with Crippen LogP contribution in [0.2, 0.25) is 0 Å². The molecular weight excluding hydrogens is 342 g/mol. The van der Waals surface area contributed by atoms with E-state index in [-0.39, 0.29) is 0 Å². The van der Waals surface area contributed by atoms with E-state index < -0.39 is 0 Å². The number of rotatable bonds is 9. The molecule has 0 aliphatic heterocycles. The molecule has 2 aromatic carbocycles. The first kappa shape index (κ1) is 18.4. The normalized spacial score (nSPS) is 10.3. The molecule has 0 atom stereocenters. The topological polar surface area (TPSA) is 81.2 Å². The highest BCUT2D eigenvalue weighted by Crippen LogP contribution is 2.27. The maximum Gasteiger partial charge on any atom is 0.244 e. The average molecular weight is 365 g/mol. The fourth-order valence-electron chi connectivity index (χ4n) is 2.61. The minimum atomic E-state index is 0.503. The maximum absolute atomic E-state index is 5.33. The Hall–Kier alpha value is -3.35. The smallest absolute Gasteiger partial charge is 0.244 e. The van der Waals surface area contributed by atoms with E-state index in [2.05, 4.69) is 37.9 Å². The van der Waals surface area contributed by atoms with Crippen LogP contribution in [0.4, 0.5) is 11.8 Å². The molecule has 0 aliphatic rings. The van der Waals surface area contributed by atoms with Crippen LogP contribution in [-0.4, -0.2) is 35.9 Å². The summed E-state index contributed by atoms with van der Waals surface area (Å²) in [7, 11) is 3.24. The van der Waals surface area contributed by atoms with E-state index in [1.807, 2.05) is 36.4 Å². The van der Waals surface area contributed by atoms with E-state index in [0.29, 0.717) is 29.8 Å². The van der Waals surface area contributed by atoms with Gasteiger partial charge in [-0.15, -0.1) is 5.10 Å². The SMILES string of the molecule is COc1ccc(CNc2cnnc(NCCc3ccccc3)n2)cc1OC. The Morgan fingerprint density at radius 1 is 0.889 bits per heavy atom. The third-order valence-corrected chi connectivity index (χ3v) is 4.02. The Bertz CT molecular complexity index is 858.